The largest absolute Gasteiger partial charge is 0.346 e. The number of nitrogens with zero attached hydrogens (tertiary/aromatic N) is 6. The number of aromatic amines is 1. The van der Waals surface area contributed by atoms with Crippen molar-refractivity contribution in [1.82, 2.24) is 35.0 Å². The Hall–Kier alpha value is -3.55. The minimum absolute atomic E-state index is 0.0119. The van der Waals surface area contributed by atoms with Gasteiger partial charge in [0.25, 0.3) is 0 Å². The first-order valence-electron chi connectivity index (χ1n) is 12.2. The zero-order valence-electron chi connectivity index (χ0n) is 20.2. The highest BCUT2D eigenvalue weighted by molar-refractivity contribution is 5.80. The molecule has 1 N–H and O–H groups in total. The van der Waals surface area contributed by atoms with Crippen LogP contribution in [-0.2, 0) is 19.5 Å². The van der Waals surface area contributed by atoms with Crippen molar-refractivity contribution in [3.63, 3.8) is 0 Å². The molecule has 4 rings (SSSR count). The number of aromatic nitrogens is 7. The van der Waals surface area contributed by atoms with Crippen LogP contribution in [0, 0.1) is 5.92 Å². The lowest BCUT2D eigenvalue weighted by atomic mass is 9.98. The molecule has 8 nitrogen and oxygen atoms in total. The normalized spacial score (nSPS) is 11.4. The van der Waals surface area contributed by atoms with E-state index in [1.807, 2.05) is 22.8 Å². The van der Waals surface area contributed by atoms with Crippen LogP contribution >= 0.6 is 0 Å². The van der Waals surface area contributed by atoms with E-state index in [-0.39, 0.29) is 5.69 Å². The molecule has 0 bridgehead atoms. The summed E-state index contributed by atoms with van der Waals surface area (Å²) in [6.45, 7) is 7.77. The number of unbranched alkanes of at least 4 members (excludes halogenated alkanes) is 2. The summed E-state index contributed by atoms with van der Waals surface area (Å²) in [4.78, 5) is 13.1. The zero-order chi connectivity index (χ0) is 23.9. The van der Waals surface area contributed by atoms with Crippen molar-refractivity contribution < 1.29 is 0 Å². The molecule has 178 valence electrons. The molecule has 0 amide bonds. The van der Waals surface area contributed by atoms with E-state index in [9.17, 15) is 4.79 Å². The third kappa shape index (κ3) is 5.50. The first-order chi connectivity index (χ1) is 16.6. The second-order valence-corrected chi connectivity index (χ2v) is 9.14. The fraction of sp³-hybridized carbons (Fsp3) is 0.423. The van der Waals surface area contributed by atoms with Crippen molar-refractivity contribution in [3.05, 3.63) is 70.4 Å². The Kier molecular flexibility index (Phi) is 7.67. The van der Waals surface area contributed by atoms with E-state index < -0.39 is 0 Å². The van der Waals surface area contributed by atoms with E-state index in [2.05, 4.69) is 71.7 Å². The average molecular weight is 460 g/mol. The van der Waals surface area contributed by atoms with Gasteiger partial charge in [-0.3, -0.25) is 4.57 Å². The van der Waals surface area contributed by atoms with E-state index in [1.165, 1.54) is 0 Å². The molecule has 2 aromatic carbocycles. The Morgan fingerprint density at radius 1 is 1.00 bits per heavy atom. The van der Waals surface area contributed by atoms with Gasteiger partial charge in [-0.25, -0.2) is 14.6 Å². The van der Waals surface area contributed by atoms with Gasteiger partial charge >= 0.3 is 5.69 Å². The summed E-state index contributed by atoms with van der Waals surface area (Å²) < 4.78 is 3.50. The standard InChI is InChI=1S/C26H33N7O/c1-4-5-8-17-33-26(34)32(24(29-33)16-11-19(2)3)18-20-12-14-21(15-13-20)22-9-6-7-10-23(22)25-27-30-31-28-25/h6-7,9-10,12-15,19H,4-5,8,11,16-18H2,1-3H3,(H,27,28,30,31). The molecule has 8 heteroatoms. The van der Waals surface area contributed by atoms with Crippen LogP contribution in [0.1, 0.15) is 57.8 Å². The fourth-order valence-corrected chi connectivity index (χ4v) is 4.09. The summed E-state index contributed by atoms with van der Waals surface area (Å²) in [6.07, 6.45) is 5.03. The lowest BCUT2D eigenvalue weighted by Gasteiger charge is -2.10. The van der Waals surface area contributed by atoms with Gasteiger partial charge in [0.1, 0.15) is 5.82 Å². The van der Waals surface area contributed by atoms with E-state index >= 15 is 0 Å². The molecule has 0 saturated heterocycles. The summed E-state index contributed by atoms with van der Waals surface area (Å²) in [5.74, 6) is 2.08. The monoisotopic (exact) mass is 459 g/mol. The predicted octanol–water partition coefficient (Wildman–Crippen LogP) is 4.72. The highest BCUT2D eigenvalue weighted by Crippen LogP contribution is 2.29. The average Bonchev–Trinajstić information content (AvgIpc) is 3.48. The van der Waals surface area contributed by atoms with Crippen molar-refractivity contribution >= 4 is 0 Å². The fourth-order valence-electron chi connectivity index (χ4n) is 4.09. The molecule has 0 saturated carbocycles. The molecule has 2 heterocycles. The third-order valence-electron chi connectivity index (χ3n) is 6.05. The lowest BCUT2D eigenvalue weighted by molar-refractivity contribution is 0.526. The van der Waals surface area contributed by atoms with E-state index in [4.69, 9.17) is 5.10 Å². The third-order valence-corrected chi connectivity index (χ3v) is 6.05. The summed E-state index contributed by atoms with van der Waals surface area (Å²) in [7, 11) is 0. The molecule has 0 aliphatic rings. The number of hydrogen-bond donors (Lipinski definition) is 1. The van der Waals surface area contributed by atoms with Gasteiger partial charge in [0.05, 0.1) is 6.54 Å². The zero-order valence-corrected chi connectivity index (χ0v) is 20.2. The Labute approximate surface area is 200 Å². The van der Waals surface area contributed by atoms with Crippen LogP contribution < -0.4 is 5.69 Å². The van der Waals surface area contributed by atoms with E-state index in [0.29, 0.717) is 24.8 Å². The maximum atomic E-state index is 13.1. The Morgan fingerprint density at radius 2 is 1.76 bits per heavy atom. The Bertz CT molecular complexity index is 1240. The molecule has 0 radical (unpaired) electrons. The van der Waals surface area contributed by atoms with Gasteiger partial charge < -0.3 is 0 Å². The van der Waals surface area contributed by atoms with Crippen LogP contribution in [0.3, 0.4) is 0 Å². The van der Waals surface area contributed by atoms with Crippen LogP contribution in [0.4, 0.5) is 0 Å². The number of H-pyrrole nitrogens is 1. The van der Waals surface area contributed by atoms with Gasteiger partial charge in [0, 0.05) is 18.5 Å². The summed E-state index contributed by atoms with van der Waals surface area (Å²) in [6, 6.07) is 16.4. The molecule has 4 aromatic rings. The highest BCUT2D eigenvalue weighted by atomic mass is 16.2. The maximum Gasteiger partial charge on any atom is 0.346 e. The Balaban J connectivity index is 1.58. The molecule has 0 aliphatic heterocycles. The van der Waals surface area contributed by atoms with Gasteiger partial charge in [0.15, 0.2) is 5.82 Å². The maximum absolute atomic E-state index is 13.1. The van der Waals surface area contributed by atoms with Crippen molar-refractivity contribution in [1.29, 1.82) is 0 Å². The van der Waals surface area contributed by atoms with Crippen LogP contribution in [0.25, 0.3) is 22.5 Å². The molecule has 0 fully saturated rings. The van der Waals surface area contributed by atoms with Gasteiger partial charge in [-0.05, 0) is 45.9 Å². The highest BCUT2D eigenvalue weighted by Gasteiger charge is 2.15. The molecule has 0 unspecified atom stereocenters. The van der Waals surface area contributed by atoms with Gasteiger partial charge in [0.2, 0.25) is 0 Å². The molecule has 34 heavy (non-hydrogen) atoms. The first-order valence-corrected chi connectivity index (χ1v) is 12.2. The summed E-state index contributed by atoms with van der Waals surface area (Å²) in [5.41, 5.74) is 4.12. The summed E-state index contributed by atoms with van der Waals surface area (Å²) in [5, 5.41) is 19.0. The van der Waals surface area contributed by atoms with Crippen molar-refractivity contribution in [2.24, 2.45) is 5.92 Å². The minimum Gasteiger partial charge on any atom is -0.274 e. The second kappa shape index (κ2) is 11.0. The van der Waals surface area contributed by atoms with Gasteiger partial charge in [-0.15, -0.1) is 5.10 Å². The molecular formula is C26H33N7O. The van der Waals surface area contributed by atoms with E-state index in [1.54, 1.807) is 4.68 Å². The number of aryl methyl sites for hydroxylation is 2. The van der Waals surface area contributed by atoms with Crippen LogP contribution in [-0.4, -0.2) is 35.0 Å². The van der Waals surface area contributed by atoms with Crippen molar-refractivity contribution in [3.8, 4) is 22.5 Å². The quantitative estimate of drug-likeness (QED) is 0.328. The SMILES string of the molecule is CCCCCn1nc(CCC(C)C)n(Cc2ccc(-c3ccccc3-c3nnn[nH]3)cc2)c1=O. The first kappa shape index (κ1) is 23.6. The molecule has 0 atom stereocenters. The molecule has 0 spiro atoms. The van der Waals surface area contributed by atoms with Gasteiger partial charge in [-0.1, -0.05) is 82.1 Å². The number of hydrogen-bond acceptors (Lipinski definition) is 5. The molecule has 0 aliphatic carbocycles. The van der Waals surface area contributed by atoms with Gasteiger partial charge in [-0.2, -0.15) is 5.10 Å². The van der Waals surface area contributed by atoms with E-state index in [0.717, 1.165) is 60.2 Å². The van der Waals surface area contributed by atoms with Crippen LogP contribution in [0.2, 0.25) is 0 Å². The smallest absolute Gasteiger partial charge is 0.274 e. The second-order valence-electron chi connectivity index (χ2n) is 9.14. The lowest BCUT2D eigenvalue weighted by Crippen LogP contribution is -2.26. The number of rotatable bonds is 11. The van der Waals surface area contributed by atoms with Crippen molar-refractivity contribution in [2.45, 2.75) is 66.0 Å². The van der Waals surface area contributed by atoms with Crippen LogP contribution in [0.15, 0.2) is 53.3 Å². The molecular weight excluding hydrogens is 426 g/mol. The topological polar surface area (TPSA) is 94.3 Å². The van der Waals surface area contributed by atoms with Crippen LogP contribution in [0.5, 0.6) is 0 Å². The number of tetrazole rings is 1. The number of nitrogens with one attached hydrogen (secondary N) is 1. The van der Waals surface area contributed by atoms with Crippen molar-refractivity contribution in [2.75, 3.05) is 0 Å². The predicted molar refractivity (Wildman–Crippen MR) is 133 cm³/mol. The molecule has 2 aromatic heterocycles. The summed E-state index contributed by atoms with van der Waals surface area (Å²) >= 11 is 0. The minimum atomic E-state index is -0.0119. The Morgan fingerprint density at radius 3 is 2.44 bits per heavy atom. The number of benzene rings is 2.